The van der Waals surface area contributed by atoms with E-state index in [9.17, 15) is 0 Å². The molecule has 0 amide bonds. The van der Waals surface area contributed by atoms with Gasteiger partial charge in [-0.15, -0.1) is 0 Å². The van der Waals surface area contributed by atoms with Gasteiger partial charge >= 0.3 is 0 Å². The predicted molar refractivity (Wildman–Crippen MR) is 56.9 cm³/mol. The van der Waals surface area contributed by atoms with Crippen molar-refractivity contribution in [2.75, 3.05) is 0 Å². The molecule has 0 N–H and O–H groups in total. The lowest BCUT2D eigenvalue weighted by molar-refractivity contribution is 0.564. The highest BCUT2D eigenvalue weighted by Crippen LogP contribution is 2.17. The largest absolute Gasteiger partial charge is 0.253 e. The van der Waals surface area contributed by atoms with Crippen molar-refractivity contribution in [3.05, 3.63) is 12.2 Å². The molecule has 1 unspecified atom stereocenters. The van der Waals surface area contributed by atoms with E-state index < -0.39 is 0 Å². The van der Waals surface area contributed by atoms with E-state index in [1.807, 2.05) is 11.7 Å². The van der Waals surface area contributed by atoms with Gasteiger partial charge in [-0.25, -0.2) is 4.98 Å². The zero-order valence-electron chi connectivity index (χ0n) is 8.37. The fourth-order valence-corrected chi connectivity index (χ4v) is 1.38. The minimum absolute atomic E-state index is 0.573. The van der Waals surface area contributed by atoms with Crippen molar-refractivity contribution in [2.24, 2.45) is 13.0 Å². The zero-order chi connectivity index (χ0) is 9.84. The molecule has 0 radical (unpaired) electrons. The Bertz CT molecular complexity index is 257. The number of hydrogen-bond acceptors (Lipinski definition) is 2. The molecule has 0 aliphatic carbocycles. The van der Waals surface area contributed by atoms with Crippen LogP contribution in [0.3, 0.4) is 0 Å². The van der Waals surface area contributed by atoms with E-state index in [1.54, 1.807) is 6.33 Å². The molecule has 74 valence electrons. The maximum absolute atomic E-state index is 4.18. The first-order valence-corrected chi connectivity index (χ1v) is 5.49. The van der Waals surface area contributed by atoms with Gasteiger partial charge in [0.1, 0.15) is 12.2 Å². The van der Waals surface area contributed by atoms with Crippen LogP contribution in [-0.2, 0) is 13.5 Å². The molecule has 4 heteroatoms. The highest BCUT2D eigenvalue weighted by molar-refractivity contribution is 9.09. The van der Waals surface area contributed by atoms with Gasteiger partial charge < -0.3 is 0 Å². The summed E-state index contributed by atoms with van der Waals surface area (Å²) in [6.07, 6.45) is 3.71. The van der Waals surface area contributed by atoms with E-state index in [1.165, 1.54) is 0 Å². The van der Waals surface area contributed by atoms with Crippen molar-refractivity contribution >= 4 is 15.9 Å². The number of alkyl halides is 1. The molecule has 0 fully saturated rings. The smallest absolute Gasteiger partial charge is 0.138 e. The Kier molecular flexibility index (Phi) is 3.90. The molecule has 1 aromatic heterocycles. The third-order valence-corrected chi connectivity index (χ3v) is 3.69. The second kappa shape index (κ2) is 4.74. The molecule has 0 aliphatic heterocycles. The molecule has 13 heavy (non-hydrogen) atoms. The normalized spacial score (nSPS) is 13.6. The van der Waals surface area contributed by atoms with E-state index >= 15 is 0 Å². The maximum Gasteiger partial charge on any atom is 0.138 e. The fourth-order valence-electron chi connectivity index (χ4n) is 1.15. The molecule has 3 nitrogen and oxygen atoms in total. The van der Waals surface area contributed by atoms with Gasteiger partial charge in [0, 0.05) is 18.3 Å². The summed E-state index contributed by atoms with van der Waals surface area (Å²) >= 11 is 3.66. The van der Waals surface area contributed by atoms with Gasteiger partial charge in [0.25, 0.3) is 0 Å². The molecule has 1 rings (SSSR count). The minimum atomic E-state index is 0.573. The predicted octanol–water partition coefficient (Wildman–Crippen LogP) is 2.17. The molecule has 0 saturated carbocycles. The molecule has 1 atom stereocenters. The standard InChI is InChI=1S/C9H16BrN3/c1-7(2)8(10)4-5-9-11-6-12-13(9)3/h6-8H,4-5H2,1-3H3. The van der Waals surface area contributed by atoms with Crippen molar-refractivity contribution < 1.29 is 0 Å². The van der Waals surface area contributed by atoms with Crippen LogP contribution in [0.5, 0.6) is 0 Å². The molecular formula is C9H16BrN3. The summed E-state index contributed by atoms with van der Waals surface area (Å²) in [7, 11) is 1.93. The van der Waals surface area contributed by atoms with Crippen molar-refractivity contribution in [3.8, 4) is 0 Å². The van der Waals surface area contributed by atoms with Crippen LogP contribution in [0, 0.1) is 5.92 Å². The number of rotatable bonds is 4. The average molecular weight is 246 g/mol. The molecule has 1 aromatic rings. The molecule has 1 heterocycles. The number of nitrogens with zero attached hydrogens (tertiary/aromatic N) is 3. The van der Waals surface area contributed by atoms with Gasteiger partial charge in [0.2, 0.25) is 0 Å². The lowest BCUT2D eigenvalue weighted by atomic mass is 10.1. The van der Waals surface area contributed by atoms with Crippen molar-refractivity contribution in [1.82, 2.24) is 14.8 Å². The average Bonchev–Trinajstić information content (AvgIpc) is 2.47. The van der Waals surface area contributed by atoms with Crippen LogP contribution in [0.2, 0.25) is 0 Å². The lowest BCUT2D eigenvalue weighted by Gasteiger charge is -2.12. The highest BCUT2D eigenvalue weighted by atomic mass is 79.9. The van der Waals surface area contributed by atoms with E-state index in [2.05, 4.69) is 39.9 Å². The maximum atomic E-state index is 4.18. The molecular weight excluding hydrogens is 230 g/mol. The van der Waals surface area contributed by atoms with Crippen LogP contribution in [0.1, 0.15) is 26.1 Å². The SMILES string of the molecule is CC(C)C(Br)CCc1ncnn1C. The summed E-state index contributed by atoms with van der Waals surface area (Å²) in [6.45, 7) is 4.44. The summed E-state index contributed by atoms with van der Waals surface area (Å²) in [6, 6.07) is 0. The van der Waals surface area contributed by atoms with Crippen molar-refractivity contribution in [1.29, 1.82) is 0 Å². The number of hydrogen-bond donors (Lipinski definition) is 0. The quantitative estimate of drug-likeness (QED) is 0.762. The van der Waals surface area contributed by atoms with E-state index in [0.717, 1.165) is 18.7 Å². The Hall–Kier alpha value is -0.380. The van der Waals surface area contributed by atoms with Crippen LogP contribution in [0.25, 0.3) is 0 Å². The summed E-state index contributed by atoms with van der Waals surface area (Å²) in [4.78, 5) is 4.75. The fraction of sp³-hybridized carbons (Fsp3) is 0.778. The Labute approximate surface area is 87.7 Å². The molecule has 0 aliphatic rings. The Morgan fingerprint density at radius 2 is 2.23 bits per heavy atom. The van der Waals surface area contributed by atoms with Gasteiger partial charge in [-0.1, -0.05) is 29.8 Å². The van der Waals surface area contributed by atoms with Gasteiger partial charge in [-0.3, -0.25) is 4.68 Å². The molecule has 0 spiro atoms. The van der Waals surface area contributed by atoms with Gasteiger partial charge in [-0.2, -0.15) is 5.10 Å². The van der Waals surface area contributed by atoms with E-state index in [0.29, 0.717) is 10.7 Å². The Morgan fingerprint density at radius 1 is 1.54 bits per heavy atom. The van der Waals surface area contributed by atoms with Gasteiger partial charge in [-0.05, 0) is 12.3 Å². The number of aromatic nitrogens is 3. The van der Waals surface area contributed by atoms with Crippen LogP contribution in [0.4, 0.5) is 0 Å². The van der Waals surface area contributed by atoms with Crippen LogP contribution >= 0.6 is 15.9 Å². The monoisotopic (exact) mass is 245 g/mol. The second-order valence-corrected chi connectivity index (χ2v) is 4.77. The van der Waals surface area contributed by atoms with Crippen molar-refractivity contribution in [3.63, 3.8) is 0 Å². The van der Waals surface area contributed by atoms with E-state index in [-0.39, 0.29) is 0 Å². The lowest BCUT2D eigenvalue weighted by Crippen LogP contribution is -2.10. The van der Waals surface area contributed by atoms with Crippen LogP contribution in [-0.4, -0.2) is 19.6 Å². The topological polar surface area (TPSA) is 30.7 Å². The first-order chi connectivity index (χ1) is 6.11. The number of halogens is 1. The zero-order valence-corrected chi connectivity index (χ0v) is 9.95. The van der Waals surface area contributed by atoms with Crippen molar-refractivity contribution in [2.45, 2.75) is 31.5 Å². The van der Waals surface area contributed by atoms with Gasteiger partial charge in [0.05, 0.1) is 0 Å². The third-order valence-electron chi connectivity index (χ3n) is 2.17. The van der Waals surface area contributed by atoms with Crippen LogP contribution in [0.15, 0.2) is 6.33 Å². The first kappa shape index (κ1) is 10.7. The van der Waals surface area contributed by atoms with E-state index in [4.69, 9.17) is 0 Å². The highest BCUT2D eigenvalue weighted by Gasteiger charge is 2.10. The molecule has 0 aromatic carbocycles. The Morgan fingerprint density at radius 3 is 2.69 bits per heavy atom. The summed E-state index contributed by atoms with van der Waals surface area (Å²) < 4.78 is 1.83. The summed E-state index contributed by atoms with van der Waals surface area (Å²) in [5.41, 5.74) is 0. The Balaban J connectivity index is 2.39. The third kappa shape index (κ3) is 3.10. The summed E-state index contributed by atoms with van der Waals surface area (Å²) in [5.74, 6) is 1.73. The molecule has 0 bridgehead atoms. The number of aryl methyl sites for hydroxylation is 2. The first-order valence-electron chi connectivity index (χ1n) is 4.58. The second-order valence-electron chi connectivity index (χ2n) is 3.60. The van der Waals surface area contributed by atoms with Gasteiger partial charge in [0.15, 0.2) is 0 Å². The minimum Gasteiger partial charge on any atom is -0.253 e. The summed E-state index contributed by atoms with van der Waals surface area (Å²) in [5, 5.41) is 4.03. The molecule has 0 saturated heterocycles. The van der Waals surface area contributed by atoms with Crippen LogP contribution < -0.4 is 0 Å².